The number of alkyl halides is 1. The highest BCUT2D eigenvalue weighted by molar-refractivity contribution is 9.09. The number of ether oxygens (including phenoxy) is 1. The number of unbranched alkanes of at least 4 members (excludes halogenated alkanes) is 4. The van der Waals surface area contributed by atoms with Crippen LogP contribution in [0.1, 0.15) is 286 Å². The van der Waals surface area contributed by atoms with E-state index in [4.69, 9.17) is 4.74 Å². The van der Waals surface area contributed by atoms with Gasteiger partial charge in [-0.15, -0.1) is 0 Å². The first-order chi connectivity index (χ1) is 36.0. The summed E-state index contributed by atoms with van der Waals surface area (Å²) in [5.74, 6) is -1.42. The van der Waals surface area contributed by atoms with Crippen molar-refractivity contribution in [3.63, 3.8) is 0 Å². The van der Waals surface area contributed by atoms with Gasteiger partial charge in [0.25, 0.3) is 0 Å². The Balaban J connectivity index is 0. The smallest absolute Gasteiger partial charge is 0.338 e. The predicted octanol–water partition coefficient (Wildman–Crippen LogP) is 21.6. The summed E-state index contributed by atoms with van der Waals surface area (Å²) in [5.41, 5.74) is 7.28. The maximum atomic E-state index is 12.5. The molecular formula is C72H124BrNO4. The van der Waals surface area contributed by atoms with E-state index in [1.54, 1.807) is 36.4 Å². The quantitative estimate of drug-likeness (QED) is 0.0309. The topological polar surface area (TPSA) is 66.4 Å². The second kappa shape index (κ2) is 38.5. The van der Waals surface area contributed by atoms with Gasteiger partial charge in [0.05, 0.1) is 37.7 Å². The summed E-state index contributed by atoms with van der Waals surface area (Å²) in [6.07, 6.45) is 28.2. The van der Waals surface area contributed by atoms with Crippen LogP contribution in [-0.2, 0) is 4.74 Å². The summed E-state index contributed by atoms with van der Waals surface area (Å²) in [6.45, 7) is 64.1. The molecule has 0 radical (unpaired) electrons. The number of aromatic carboxylic acids is 1. The number of hydrogen-bond donors (Lipinski definition) is 0. The summed E-state index contributed by atoms with van der Waals surface area (Å²) in [6, 6.07) is 13.7. The summed E-state index contributed by atoms with van der Waals surface area (Å²) >= 11 is 3.86. The molecule has 5 nitrogen and oxygen atoms in total. The van der Waals surface area contributed by atoms with Gasteiger partial charge in [-0.3, -0.25) is 0 Å². The zero-order valence-corrected chi connectivity index (χ0v) is 56.4. The van der Waals surface area contributed by atoms with Gasteiger partial charge in [0, 0.05) is 4.83 Å². The summed E-state index contributed by atoms with van der Waals surface area (Å²) in [4.78, 5) is 23.2. The molecule has 0 aliphatic rings. The molecule has 0 heterocycles. The van der Waals surface area contributed by atoms with Crippen LogP contribution >= 0.6 is 15.9 Å². The number of hydrogen-bond acceptors (Lipinski definition) is 4. The molecule has 78 heavy (non-hydrogen) atoms. The fourth-order valence-electron chi connectivity index (χ4n) is 10.6. The number of allylic oxidation sites excluding steroid dienone is 2. The lowest BCUT2D eigenvalue weighted by Gasteiger charge is -2.39. The Morgan fingerprint density at radius 3 is 1.29 bits per heavy atom. The van der Waals surface area contributed by atoms with Crippen molar-refractivity contribution in [2.24, 2.45) is 32.5 Å². The van der Waals surface area contributed by atoms with Gasteiger partial charge in [-0.25, -0.2) is 4.79 Å². The van der Waals surface area contributed by atoms with Crippen LogP contribution in [0.3, 0.4) is 0 Å². The predicted molar refractivity (Wildman–Crippen MR) is 349 cm³/mol. The first kappa shape index (κ1) is 76.8. The molecule has 1 atom stereocenters. The van der Waals surface area contributed by atoms with Crippen LogP contribution < -0.4 is 5.11 Å². The van der Waals surface area contributed by atoms with Crippen molar-refractivity contribution in [1.29, 1.82) is 0 Å². The van der Waals surface area contributed by atoms with E-state index in [1.807, 2.05) is 12.1 Å². The Bertz CT molecular complexity index is 1950. The molecule has 6 heteroatoms. The fraction of sp³-hybridized carbons (Fsp3) is 0.694. The minimum Gasteiger partial charge on any atom is -0.545 e. The van der Waals surface area contributed by atoms with Crippen molar-refractivity contribution in [2.75, 3.05) is 32.8 Å². The van der Waals surface area contributed by atoms with Crippen LogP contribution in [0.4, 0.5) is 0 Å². The van der Waals surface area contributed by atoms with E-state index in [-0.39, 0.29) is 16.9 Å². The zero-order chi connectivity index (χ0) is 60.4. The highest BCUT2D eigenvalue weighted by Gasteiger charge is 2.29. The number of rotatable bonds is 33. The van der Waals surface area contributed by atoms with Crippen LogP contribution in [0.25, 0.3) is 12.2 Å². The van der Waals surface area contributed by atoms with Crippen molar-refractivity contribution in [2.45, 2.75) is 259 Å². The number of carbonyl (C=O) groups is 2. The largest absolute Gasteiger partial charge is 0.545 e. The Labute approximate surface area is 493 Å². The maximum absolute atomic E-state index is 12.5. The molecule has 2 aromatic carbocycles. The van der Waals surface area contributed by atoms with Crippen molar-refractivity contribution >= 4 is 40.0 Å². The molecule has 2 aromatic rings. The maximum Gasteiger partial charge on any atom is 0.338 e. The molecule has 0 aliphatic heterocycles. The van der Waals surface area contributed by atoms with E-state index in [9.17, 15) is 14.7 Å². The summed E-state index contributed by atoms with van der Waals surface area (Å²) in [7, 11) is 0. The van der Waals surface area contributed by atoms with E-state index in [0.717, 1.165) is 43.2 Å². The van der Waals surface area contributed by atoms with Gasteiger partial charge in [-0.1, -0.05) is 273 Å². The molecule has 0 N–H and O–H groups in total. The van der Waals surface area contributed by atoms with E-state index in [0.29, 0.717) is 44.1 Å². The SMILES string of the molecule is C=C(CC(C)(C)CC)C(Br)CCC(C)(C)CC(C)(C)C.C=Cc1ccc(C(=O)OC/C(=C\CCC(C)(C)CC(C)(C)C)CC(C)(C)CC)cc1.C=Cc1ccc(C(=O)[O-])cc1.CCCC[N+](CCCC)(CCCC)CCCC. The third-order valence-corrected chi connectivity index (χ3v) is 16.3. The number of halogens is 1. The molecular weight excluding hydrogens is 1020 g/mol. The number of esters is 1. The molecule has 2 rings (SSSR count). The summed E-state index contributed by atoms with van der Waals surface area (Å²) in [5, 5.41) is 10.3. The molecule has 448 valence electrons. The van der Waals surface area contributed by atoms with Crippen LogP contribution in [0.5, 0.6) is 0 Å². The van der Waals surface area contributed by atoms with Crippen molar-refractivity contribution < 1.29 is 23.9 Å². The van der Waals surface area contributed by atoms with E-state index >= 15 is 0 Å². The van der Waals surface area contributed by atoms with Crippen LogP contribution in [0, 0.1) is 32.5 Å². The van der Waals surface area contributed by atoms with Gasteiger partial charge < -0.3 is 19.1 Å². The van der Waals surface area contributed by atoms with Crippen LogP contribution in [-0.4, -0.2) is 54.0 Å². The second-order valence-corrected chi connectivity index (χ2v) is 29.5. The zero-order valence-electron chi connectivity index (χ0n) is 54.8. The summed E-state index contributed by atoms with van der Waals surface area (Å²) < 4.78 is 7.10. The molecule has 0 amide bonds. The molecule has 0 aromatic heterocycles. The van der Waals surface area contributed by atoms with Crippen LogP contribution in [0.15, 0.2) is 85.5 Å². The van der Waals surface area contributed by atoms with Gasteiger partial charge in [0.15, 0.2) is 0 Å². The Morgan fingerprint density at radius 1 is 0.577 bits per heavy atom. The molecule has 0 spiro atoms. The van der Waals surface area contributed by atoms with Crippen molar-refractivity contribution in [1.82, 2.24) is 0 Å². The minimum absolute atomic E-state index is 0.190. The highest BCUT2D eigenvalue weighted by Crippen LogP contribution is 2.40. The fourth-order valence-corrected chi connectivity index (χ4v) is 11.0. The first-order valence-corrected chi connectivity index (χ1v) is 31.6. The average molecular weight is 1150 g/mol. The number of carboxylic acid groups (broad SMARTS) is 1. The Kier molecular flexibility index (Phi) is 37.9. The molecule has 0 bridgehead atoms. The second-order valence-electron chi connectivity index (χ2n) is 28.4. The standard InChI is InChI=1S/C28H44O2.C19H37Br.C16H36N.C9H8O2/c1-10-22-14-16-24(17-15-22)25(29)30-20-23(19-27(6,7)11-2)13-12-18-28(8,9)21-26(3,4)5;1-10-18(6,7)13-15(2)16(20)11-12-19(8,9)14-17(3,4)5;1-5-9-13-17(14-10-6-2,15-11-7-3)16-12-8-4;1-2-7-3-5-8(6-4-7)9(10)11/h10,13-17H,1,11-12,18-21H2,2-9H3;16H,2,10-14H2,1,3-9H3;5-16H2,1-4H3;2-6H,1H2,(H,10,11)/q;;+1;/p-1/b23-13-;;;. The number of quaternary nitrogens is 1. The average Bonchev–Trinajstić information content (AvgIpc) is 3.35. The number of carbonyl (C=O) groups excluding carboxylic acids is 2. The molecule has 0 saturated carbocycles. The van der Waals surface area contributed by atoms with E-state index in [1.165, 1.54) is 137 Å². The third kappa shape index (κ3) is 38.4. The molecule has 0 aliphatic carbocycles. The lowest BCUT2D eigenvalue weighted by molar-refractivity contribution is -0.929. The van der Waals surface area contributed by atoms with Crippen molar-refractivity contribution in [3.05, 3.63) is 108 Å². The number of carboxylic acids is 1. The molecule has 1 unspecified atom stereocenters. The third-order valence-electron chi connectivity index (χ3n) is 15.2. The Morgan fingerprint density at radius 2 is 0.949 bits per heavy atom. The molecule has 0 saturated heterocycles. The minimum atomic E-state index is -1.15. The van der Waals surface area contributed by atoms with Gasteiger partial charge in [-0.2, -0.15) is 0 Å². The van der Waals surface area contributed by atoms with E-state index < -0.39 is 5.97 Å². The van der Waals surface area contributed by atoms with Gasteiger partial charge >= 0.3 is 5.97 Å². The Hall–Kier alpha value is -3.22. The molecule has 0 fully saturated rings. The monoisotopic (exact) mass is 1150 g/mol. The van der Waals surface area contributed by atoms with E-state index in [2.05, 4.69) is 180 Å². The number of benzene rings is 2. The normalized spacial score (nSPS) is 12.9. The first-order valence-electron chi connectivity index (χ1n) is 30.7. The lowest BCUT2D eigenvalue weighted by Crippen LogP contribution is -2.50. The van der Waals surface area contributed by atoms with Gasteiger partial charge in [-0.05, 0) is 144 Å². The lowest BCUT2D eigenvalue weighted by atomic mass is 9.73. The highest BCUT2D eigenvalue weighted by atomic mass is 79.9. The number of nitrogens with zero attached hydrogens (tertiary/aromatic N) is 1. The van der Waals surface area contributed by atoms with Crippen LogP contribution in [0.2, 0.25) is 0 Å². The van der Waals surface area contributed by atoms with Crippen molar-refractivity contribution in [3.8, 4) is 0 Å². The van der Waals surface area contributed by atoms with Gasteiger partial charge in [0.2, 0.25) is 0 Å². The van der Waals surface area contributed by atoms with Gasteiger partial charge in [0.1, 0.15) is 6.61 Å².